The Hall–Kier alpha value is -2.06. The third-order valence-corrected chi connectivity index (χ3v) is 1.87. The highest BCUT2D eigenvalue weighted by molar-refractivity contribution is 5.85. The highest BCUT2D eigenvalue weighted by atomic mass is 35.5. The van der Waals surface area contributed by atoms with Crippen molar-refractivity contribution >= 4 is 23.8 Å². The predicted molar refractivity (Wildman–Crippen MR) is 60.2 cm³/mol. The Balaban J connectivity index is 0.00000128. The summed E-state index contributed by atoms with van der Waals surface area (Å²) in [7, 11) is 0. The van der Waals surface area contributed by atoms with Crippen LogP contribution >= 0.6 is 12.4 Å². The van der Waals surface area contributed by atoms with Crippen molar-refractivity contribution in [2.75, 3.05) is 5.32 Å². The number of halogens is 2. The van der Waals surface area contributed by atoms with Crippen molar-refractivity contribution in [1.29, 1.82) is 5.26 Å². The van der Waals surface area contributed by atoms with Crippen LogP contribution < -0.4 is 5.32 Å². The second-order valence-electron chi connectivity index (χ2n) is 2.92. The van der Waals surface area contributed by atoms with E-state index < -0.39 is 5.82 Å². The van der Waals surface area contributed by atoms with Gasteiger partial charge in [-0.15, -0.1) is 12.4 Å². The van der Waals surface area contributed by atoms with Gasteiger partial charge in [0.1, 0.15) is 5.82 Å². The van der Waals surface area contributed by atoms with Crippen LogP contribution in [0.2, 0.25) is 0 Å². The van der Waals surface area contributed by atoms with Gasteiger partial charge < -0.3 is 5.32 Å². The fourth-order valence-corrected chi connectivity index (χ4v) is 1.17. The van der Waals surface area contributed by atoms with E-state index in [1.54, 1.807) is 6.20 Å². The maximum atomic E-state index is 13.3. The second-order valence-corrected chi connectivity index (χ2v) is 2.92. The lowest BCUT2D eigenvalue weighted by molar-refractivity contribution is 0.632. The standard InChI is InChI=1S/C10H7FN4.ClH/c11-9-2-1-7(4-12)3-10(9)15-8-5-13-14-6-8;/h1-3,5-6,15H,(H,13,14);1H. The van der Waals surface area contributed by atoms with Crippen LogP contribution in [0.1, 0.15) is 5.56 Å². The number of anilines is 2. The quantitative estimate of drug-likeness (QED) is 0.845. The minimum Gasteiger partial charge on any atom is -0.351 e. The molecule has 0 saturated carbocycles. The number of hydrogen-bond acceptors (Lipinski definition) is 3. The molecule has 0 radical (unpaired) electrons. The molecule has 4 nitrogen and oxygen atoms in total. The number of nitrogens with zero attached hydrogens (tertiary/aromatic N) is 2. The third-order valence-electron chi connectivity index (χ3n) is 1.87. The first kappa shape index (κ1) is 12.0. The summed E-state index contributed by atoms with van der Waals surface area (Å²) < 4.78 is 13.3. The second kappa shape index (κ2) is 5.14. The summed E-state index contributed by atoms with van der Waals surface area (Å²) in [5.41, 5.74) is 1.31. The third kappa shape index (κ3) is 2.49. The SMILES string of the molecule is Cl.N#Cc1ccc(F)c(Nc2cn[nH]c2)c1. The Bertz CT molecular complexity index is 504. The van der Waals surface area contributed by atoms with Crippen LogP contribution in [0.4, 0.5) is 15.8 Å². The highest BCUT2D eigenvalue weighted by Gasteiger charge is 2.04. The Morgan fingerprint density at radius 1 is 1.44 bits per heavy atom. The van der Waals surface area contributed by atoms with Gasteiger partial charge in [0, 0.05) is 6.20 Å². The molecule has 0 aliphatic heterocycles. The molecule has 82 valence electrons. The Kier molecular flexibility index (Phi) is 3.86. The van der Waals surface area contributed by atoms with Crippen LogP contribution in [0.3, 0.4) is 0 Å². The van der Waals surface area contributed by atoms with Crippen LogP contribution in [0.25, 0.3) is 0 Å². The predicted octanol–water partition coefficient (Wildman–Crippen LogP) is 2.59. The van der Waals surface area contributed by atoms with Crippen LogP contribution in [0, 0.1) is 17.1 Å². The van der Waals surface area contributed by atoms with E-state index in [1.807, 2.05) is 6.07 Å². The topological polar surface area (TPSA) is 64.5 Å². The summed E-state index contributed by atoms with van der Waals surface area (Å²) >= 11 is 0. The van der Waals surface area contributed by atoms with Gasteiger partial charge in [0.05, 0.1) is 29.2 Å². The molecule has 0 saturated heterocycles. The average Bonchev–Trinajstić information content (AvgIpc) is 2.74. The van der Waals surface area contributed by atoms with Crippen LogP contribution in [0.5, 0.6) is 0 Å². The lowest BCUT2D eigenvalue weighted by atomic mass is 10.2. The van der Waals surface area contributed by atoms with Crippen molar-refractivity contribution < 1.29 is 4.39 Å². The normalized spacial score (nSPS) is 9.00. The summed E-state index contributed by atoms with van der Waals surface area (Å²) in [5, 5.41) is 17.8. The molecule has 1 aromatic heterocycles. The molecule has 0 unspecified atom stereocenters. The zero-order chi connectivity index (χ0) is 10.7. The largest absolute Gasteiger partial charge is 0.351 e. The van der Waals surface area contributed by atoms with E-state index in [2.05, 4.69) is 15.5 Å². The minimum absolute atomic E-state index is 0. The fourth-order valence-electron chi connectivity index (χ4n) is 1.17. The summed E-state index contributed by atoms with van der Waals surface area (Å²) in [6.07, 6.45) is 3.12. The van der Waals surface area contributed by atoms with Crippen molar-refractivity contribution in [1.82, 2.24) is 10.2 Å². The van der Waals surface area contributed by atoms with Gasteiger partial charge in [0.2, 0.25) is 0 Å². The zero-order valence-electron chi connectivity index (χ0n) is 8.07. The number of aromatic nitrogens is 2. The van der Waals surface area contributed by atoms with E-state index in [0.29, 0.717) is 11.3 Å². The van der Waals surface area contributed by atoms with Gasteiger partial charge in [-0.1, -0.05) is 0 Å². The van der Waals surface area contributed by atoms with E-state index in [-0.39, 0.29) is 18.1 Å². The number of hydrogen-bond donors (Lipinski definition) is 2. The molecule has 0 aliphatic rings. The first-order valence-corrected chi connectivity index (χ1v) is 4.25. The Labute approximate surface area is 97.5 Å². The molecule has 0 amide bonds. The maximum Gasteiger partial charge on any atom is 0.146 e. The smallest absolute Gasteiger partial charge is 0.146 e. The van der Waals surface area contributed by atoms with E-state index >= 15 is 0 Å². The van der Waals surface area contributed by atoms with Crippen molar-refractivity contribution in [3.05, 3.63) is 42.0 Å². The molecular weight excluding hydrogens is 231 g/mol. The molecule has 2 rings (SSSR count). The number of H-pyrrole nitrogens is 1. The molecular formula is C10H8ClFN4. The van der Waals surface area contributed by atoms with Crippen molar-refractivity contribution in [2.24, 2.45) is 0 Å². The minimum atomic E-state index is -0.407. The fraction of sp³-hybridized carbons (Fsp3) is 0. The number of aromatic amines is 1. The molecule has 0 bridgehead atoms. The van der Waals surface area contributed by atoms with Gasteiger partial charge in [0.25, 0.3) is 0 Å². The van der Waals surface area contributed by atoms with Gasteiger partial charge in [-0.3, -0.25) is 5.10 Å². The van der Waals surface area contributed by atoms with E-state index in [9.17, 15) is 4.39 Å². The van der Waals surface area contributed by atoms with E-state index in [0.717, 1.165) is 0 Å². The van der Waals surface area contributed by atoms with Crippen LogP contribution in [0.15, 0.2) is 30.6 Å². The first-order valence-electron chi connectivity index (χ1n) is 4.25. The highest BCUT2D eigenvalue weighted by Crippen LogP contribution is 2.19. The summed E-state index contributed by atoms with van der Waals surface area (Å²) in [4.78, 5) is 0. The molecule has 6 heteroatoms. The molecule has 0 fully saturated rings. The average molecular weight is 239 g/mol. The maximum absolute atomic E-state index is 13.3. The van der Waals surface area contributed by atoms with Gasteiger partial charge in [0.15, 0.2) is 0 Å². The molecule has 0 atom stereocenters. The van der Waals surface area contributed by atoms with E-state index in [1.165, 1.54) is 24.4 Å². The van der Waals surface area contributed by atoms with Crippen molar-refractivity contribution in [3.8, 4) is 6.07 Å². The molecule has 1 heterocycles. The van der Waals surface area contributed by atoms with Gasteiger partial charge in [-0.05, 0) is 18.2 Å². The van der Waals surface area contributed by atoms with Gasteiger partial charge in [-0.25, -0.2) is 4.39 Å². The molecule has 2 aromatic rings. The zero-order valence-corrected chi connectivity index (χ0v) is 8.88. The first-order chi connectivity index (χ1) is 7.29. The van der Waals surface area contributed by atoms with Crippen molar-refractivity contribution in [2.45, 2.75) is 0 Å². The monoisotopic (exact) mass is 238 g/mol. The lowest BCUT2D eigenvalue weighted by Crippen LogP contribution is -1.93. The molecule has 2 N–H and O–H groups in total. The summed E-state index contributed by atoms with van der Waals surface area (Å²) in [5.74, 6) is -0.407. The Morgan fingerprint density at radius 2 is 2.25 bits per heavy atom. The van der Waals surface area contributed by atoms with Crippen molar-refractivity contribution in [3.63, 3.8) is 0 Å². The Morgan fingerprint density at radius 3 is 2.88 bits per heavy atom. The van der Waals surface area contributed by atoms with Gasteiger partial charge >= 0.3 is 0 Å². The number of nitrogens with one attached hydrogen (secondary N) is 2. The van der Waals surface area contributed by atoms with Crippen LogP contribution in [-0.2, 0) is 0 Å². The number of rotatable bonds is 2. The summed E-state index contributed by atoms with van der Waals surface area (Å²) in [6, 6.07) is 6.07. The molecule has 0 spiro atoms. The van der Waals surface area contributed by atoms with Gasteiger partial charge in [-0.2, -0.15) is 10.4 Å². The number of nitriles is 1. The summed E-state index contributed by atoms with van der Waals surface area (Å²) in [6.45, 7) is 0. The molecule has 16 heavy (non-hydrogen) atoms. The molecule has 1 aromatic carbocycles. The molecule has 0 aliphatic carbocycles. The van der Waals surface area contributed by atoms with Crippen LogP contribution in [-0.4, -0.2) is 10.2 Å². The van der Waals surface area contributed by atoms with E-state index in [4.69, 9.17) is 5.26 Å². The number of benzene rings is 1. The lowest BCUT2D eigenvalue weighted by Gasteiger charge is -2.04.